The third-order valence-corrected chi connectivity index (χ3v) is 4.71. The van der Waals surface area contributed by atoms with Crippen molar-refractivity contribution in [2.75, 3.05) is 0 Å². The molecule has 2 nitrogen and oxygen atoms in total. The van der Waals surface area contributed by atoms with Gasteiger partial charge in [-0.1, -0.05) is 36.1 Å². The minimum Gasteiger partial charge on any atom is -0.294 e. The number of aryl methyl sites for hydroxylation is 2. The van der Waals surface area contributed by atoms with Crippen LogP contribution in [0.25, 0.3) is 0 Å². The van der Waals surface area contributed by atoms with Gasteiger partial charge in [-0.25, -0.2) is 0 Å². The molecule has 0 spiro atoms. The van der Waals surface area contributed by atoms with Crippen LogP contribution in [0, 0.1) is 37.0 Å². The fourth-order valence-corrected chi connectivity index (χ4v) is 2.92. The SMILES string of the molecule is Cc1ccc(C(=O)C(CC=CC#CC(C)(C)C)C2(C)C=CC=N2)cc1C. The number of hydrogen-bond acceptors (Lipinski definition) is 2. The number of ketones is 1. The van der Waals surface area contributed by atoms with Crippen molar-refractivity contribution in [3.63, 3.8) is 0 Å². The van der Waals surface area contributed by atoms with E-state index in [-0.39, 0.29) is 17.1 Å². The molecule has 1 aromatic carbocycles. The van der Waals surface area contributed by atoms with Crippen molar-refractivity contribution < 1.29 is 4.79 Å². The van der Waals surface area contributed by atoms with Gasteiger partial charge < -0.3 is 0 Å². The van der Waals surface area contributed by atoms with E-state index >= 15 is 0 Å². The Kier molecular flexibility index (Phi) is 6.03. The van der Waals surface area contributed by atoms with Crippen molar-refractivity contribution in [3.8, 4) is 11.8 Å². The van der Waals surface area contributed by atoms with Gasteiger partial charge in [0.2, 0.25) is 0 Å². The molecule has 1 aliphatic rings. The second-order valence-corrected chi connectivity index (χ2v) is 8.24. The zero-order valence-electron chi connectivity index (χ0n) is 16.8. The van der Waals surface area contributed by atoms with Gasteiger partial charge in [0.25, 0.3) is 0 Å². The first-order valence-corrected chi connectivity index (χ1v) is 9.15. The summed E-state index contributed by atoms with van der Waals surface area (Å²) in [6.45, 7) is 12.4. The number of carbonyl (C=O) groups excluding carboxylic acids is 1. The van der Waals surface area contributed by atoms with Gasteiger partial charge in [-0.15, -0.1) is 0 Å². The van der Waals surface area contributed by atoms with Crippen molar-refractivity contribution in [2.24, 2.45) is 16.3 Å². The Morgan fingerprint density at radius 1 is 1.27 bits per heavy atom. The summed E-state index contributed by atoms with van der Waals surface area (Å²) >= 11 is 0. The molecule has 26 heavy (non-hydrogen) atoms. The number of Topliss-reactive ketones (excluding diaryl/α,β-unsaturated/α-hetero) is 1. The smallest absolute Gasteiger partial charge is 0.169 e. The van der Waals surface area contributed by atoms with Crippen LogP contribution in [0.1, 0.15) is 55.6 Å². The first-order chi connectivity index (χ1) is 12.1. The Labute approximate surface area is 158 Å². The predicted octanol–water partition coefficient (Wildman–Crippen LogP) is 5.50. The van der Waals surface area contributed by atoms with Crippen LogP contribution in [0.15, 0.2) is 47.5 Å². The summed E-state index contributed by atoms with van der Waals surface area (Å²) in [5.74, 6) is 6.15. The summed E-state index contributed by atoms with van der Waals surface area (Å²) in [4.78, 5) is 17.8. The van der Waals surface area contributed by atoms with Crippen LogP contribution in [-0.4, -0.2) is 17.5 Å². The molecule has 1 aromatic rings. The molecular formula is C24H29NO. The van der Waals surface area contributed by atoms with Crippen LogP contribution in [0.5, 0.6) is 0 Å². The summed E-state index contributed by atoms with van der Waals surface area (Å²) in [7, 11) is 0. The molecule has 1 heterocycles. The zero-order valence-corrected chi connectivity index (χ0v) is 16.8. The molecule has 0 fully saturated rings. The van der Waals surface area contributed by atoms with E-state index in [1.165, 1.54) is 5.56 Å². The van der Waals surface area contributed by atoms with Crippen LogP contribution < -0.4 is 0 Å². The standard InChI is InChI=1S/C24H29NO/c1-18-12-13-20(17-19(18)2)22(26)21(24(6)15-10-16-25-24)11-8-7-9-14-23(3,4)5/h7-8,10,12-13,15-17,21H,11H2,1-6H3. The molecule has 0 bridgehead atoms. The highest BCUT2D eigenvalue weighted by atomic mass is 16.1. The van der Waals surface area contributed by atoms with Crippen molar-refractivity contribution in [3.05, 3.63) is 59.2 Å². The number of aliphatic imine (C=N–C) groups is 1. The topological polar surface area (TPSA) is 29.4 Å². The van der Waals surface area contributed by atoms with Crippen LogP contribution >= 0.6 is 0 Å². The second kappa shape index (κ2) is 7.87. The monoisotopic (exact) mass is 347 g/mol. The van der Waals surface area contributed by atoms with Gasteiger partial charge in [0.05, 0.1) is 11.5 Å². The lowest BCUT2D eigenvalue weighted by atomic mass is 9.78. The minimum absolute atomic E-state index is 0.0244. The molecule has 0 amide bonds. The normalized spacial score (nSPS) is 20.2. The van der Waals surface area contributed by atoms with Crippen LogP contribution in [0.2, 0.25) is 0 Å². The molecule has 2 heteroatoms. The Morgan fingerprint density at radius 3 is 2.58 bits per heavy atom. The maximum atomic E-state index is 13.2. The Morgan fingerprint density at radius 2 is 2.00 bits per heavy atom. The average molecular weight is 348 g/mol. The molecule has 2 atom stereocenters. The molecule has 0 saturated carbocycles. The van der Waals surface area contributed by atoms with Crippen molar-refractivity contribution >= 4 is 12.0 Å². The lowest BCUT2D eigenvalue weighted by Crippen LogP contribution is -2.35. The van der Waals surface area contributed by atoms with E-state index in [1.54, 1.807) is 6.21 Å². The fourth-order valence-electron chi connectivity index (χ4n) is 2.92. The molecule has 1 aliphatic heterocycles. The summed E-state index contributed by atoms with van der Waals surface area (Å²) in [5.41, 5.74) is 2.56. The molecule has 0 aliphatic carbocycles. The molecular weight excluding hydrogens is 318 g/mol. The largest absolute Gasteiger partial charge is 0.294 e. The fraction of sp³-hybridized carbons (Fsp3) is 0.417. The number of nitrogens with zero attached hydrogens (tertiary/aromatic N) is 1. The van der Waals surface area contributed by atoms with Crippen LogP contribution in [0.4, 0.5) is 0 Å². The van der Waals surface area contributed by atoms with E-state index < -0.39 is 5.54 Å². The zero-order chi connectivity index (χ0) is 19.4. The van der Waals surface area contributed by atoms with Crippen molar-refractivity contribution in [1.29, 1.82) is 0 Å². The van der Waals surface area contributed by atoms with E-state index in [9.17, 15) is 4.79 Å². The Hall–Kier alpha value is -2.40. The van der Waals surface area contributed by atoms with Crippen molar-refractivity contribution in [2.45, 2.75) is 53.5 Å². The summed E-state index contributed by atoms with van der Waals surface area (Å²) in [5, 5.41) is 0. The number of allylic oxidation sites excluding steroid dienone is 3. The van der Waals surface area contributed by atoms with E-state index in [0.717, 1.165) is 11.1 Å². The summed E-state index contributed by atoms with van der Waals surface area (Å²) < 4.78 is 0. The van der Waals surface area contributed by atoms with Gasteiger partial charge in [-0.3, -0.25) is 9.79 Å². The van der Waals surface area contributed by atoms with E-state index in [4.69, 9.17) is 0 Å². The molecule has 136 valence electrons. The maximum absolute atomic E-state index is 13.2. The van der Waals surface area contributed by atoms with Gasteiger partial charge in [-0.2, -0.15) is 0 Å². The van der Waals surface area contributed by atoms with Gasteiger partial charge >= 0.3 is 0 Å². The van der Waals surface area contributed by atoms with E-state index in [0.29, 0.717) is 6.42 Å². The summed E-state index contributed by atoms with van der Waals surface area (Å²) in [6.07, 6.45) is 10.2. The second-order valence-electron chi connectivity index (χ2n) is 8.24. The van der Waals surface area contributed by atoms with Gasteiger partial charge in [-0.05, 0) is 77.3 Å². The third kappa shape index (κ3) is 5.05. The minimum atomic E-state index is -0.502. The van der Waals surface area contributed by atoms with E-state index in [1.807, 2.05) is 56.4 Å². The lowest BCUT2D eigenvalue weighted by Gasteiger charge is -2.28. The molecule has 0 saturated heterocycles. The van der Waals surface area contributed by atoms with Crippen LogP contribution in [0.3, 0.4) is 0 Å². The van der Waals surface area contributed by atoms with Gasteiger partial charge in [0, 0.05) is 17.2 Å². The average Bonchev–Trinajstić information content (AvgIpc) is 2.99. The van der Waals surface area contributed by atoms with Gasteiger partial charge in [0.15, 0.2) is 5.78 Å². The first kappa shape index (κ1) is 19.9. The van der Waals surface area contributed by atoms with E-state index in [2.05, 4.69) is 44.5 Å². The van der Waals surface area contributed by atoms with Crippen LogP contribution in [-0.2, 0) is 0 Å². The highest BCUT2D eigenvalue weighted by molar-refractivity contribution is 5.99. The quantitative estimate of drug-likeness (QED) is 0.511. The molecule has 2 rings (SSSR count). The predicted molar refractivity (Wildman–Crippen MR) is 111 cm³/mol. The molecule has 0 radical (unpaired) electrons. The number of rotatable bonds is 5. The summed E-state index contributed by atoms with van der Waals surface area (Å²) in [6, 6.07) is 5.92. The van der Waals surface area contributed by atoms with Crippen molar-refractivity contribution in [1.82, 2.24) is 0 Å². The highest BCUT2D eigenvalue weighted by Crippen LogP contribution is 2.32. The molecule has 2 unspecified atom stereocenters. The number of benzene rings is 1. The number of hydrogen-bond donors (Lipinski definition) is 0. The highest BCUT2D eigenvalue weighted by Gasteiger charge is 2.37. The first-order valence-electron chi connectivity index (χ1n) is 9.15. The third-order valence-electron chi connectivity index (χ3n) is 4.71. The molecule has 0 aromatic heterocycles. The Balaban J connectivity index is 2.26. The lowest BCUT2D eigenvalue weighted by molar-refractivity contribution is 0.0884. The number of carbonyl (C=O) groups is 1. The Bertz CT molecular complexity index is 810. The van der Waals surface area contributed by atoms with Gasteiger partial charge in [0.1, 0.15) is 0 Å². The maximum Gasteiger partial charge on any atom is 0.169 e. The molecule has 0 N–H and O–H groups in total.